The fourth-order valence-electron chi connectivity index (χ4n) is 10.1. The van der Waals surface area contributed by atoms with Crippen LogP contribution in [0.3, 0.4) is 0 Å². The van der Waals surface area contributed by atoms with Crippen molar-refractivity contribution in [2.75, 3.05) is 4.90 Å². The summed E-state index contributed by atoms with van der Waals surface area (Å²) in [5.41, 5.74) is 24.3. The zero-order chi connectivity index (χ0) is 36.8. The van der Waals surface area contributed by atoms with Gasteiger partial charge in [0.2, 0.25) is 0 Å². The third-order valence-corrected chi connectivity index (χ3v) is 12.4. The minimum atomic E-state index is -0.283. The Morgan fingerprint density at radius 1 is 0.250 bits per heavy atom. The highest BCUT2D eigenvalue weighted by Crippen LogP contribution is 2.70. The van der Waals surface area contributed by atoms with E-state index in [4.69, 9.17) is 0 Å². The lowest BCUT2D eigenvalue weighted by Crippen LogP contribution is -2.23. The minimum Gasteiger partial charge on any atom is -0.311 e. The average Bonchev–Trinajstić information content (AvgIpc) is 3.87. The zero-order valence-electron chi connectivity index (χ0n) is 30.7. The first kappa shape index (κ1) is 31.2. The average molecular weight is 710 g/mol. The van der Waals surface area contributed by atoms with Gasteiger partial charge in [0.05, 0.1) is 5.41 Å². The molecule has 1 heteroatoms. The molecule has 0 aromatic heterocycles. The fraction of sp³-hybridized carbons (Fsp3) is 0.0182. The summed E-state index contributed by atoms with van der Waals surface area (Å²) >= 11 is 0. The molecule has 0 bridgehead atoms. The van der Waals surface area contributed by atoms with Crippen LogP contribution in [0.15, 0.2) is 212 Å². The van der Waals surface area contributed by atoms with Crippen LogP contribution in [0.5, 0.6) is 0 Å². The van der Waals surface area contributed by atoms with Crippen molar-refractivity contribution in [3.63, 3.8) is 0 Å². The van der Waals surface area contributed by atoms with E-state index in [0.29, 0.717) is 0 Å². The minimum absolute atomic E-state index is 0.283. The summed E-state index contributed by atoms with van der Waals surface area (Å²) in [5, 5.41) is 0. The van der Waals surface area contributed by atoms with Crippen LogP contribution in [0.2, 0.25) is 0 Å². The zero-order valence-corrected chi connectivity index (χ0v) is 30.7. The van der Waals surface area contributed by atoms with Crippen LogP contribution in [0.1, 0.15) is 22.3 Å². The molecule has 0 N–H and O–H groups in total. The van der Waals surface area contributed by atoms with E-state index >= 15 is 0 Å². The SMILES string of the molecule is c1ccc(-c2ccc(N(c3ccc(-c4ccccc4)cc3)c3ccc(-c4ccc5c(c4)C46c7ccccc7-c7cccc(c74)-c4cccc-5c46)cc3)cc2)cc1. The van der Waals surface area contributed by atoms with E-state index in [0.717, 1.165) is 17.1 Å². The van der Waals surface area contributed by atoms with Crippen molar-refractivity contribution in [2.24, 2.45) is 0 Å². The van der Waals surface area contributed by atoms with Gasteiger partial charge in [0.1, 0.15) is 0 Å². The Kier molecular flexibility index (Phi) is 6.62. The van der Waals surface area contributed by atoms with Gasteiger partial charge in [-0.15, -0.1) is 0 Å². The van der Waals surface area contributed by atoms with Gasteiger partial charge in [0.25, 0.3) is 0 Å². The Bertz CT molecular complexity index is 2860. The van der Waals surface area contributed by atoms with Gasteiger partial charge in [-0.25, -0.2) is 0 Å². The third-order valence-electron chi connectivity index (χ3n) is 12.4. The molecule has 1 unspecified atom stereocenters. The first-order chi connectivity index (χ1) is 27.8. The number of nitrogens with zero attached hydrogens (tertiary/aromatic N) is 1. The smallest absolute Gasteiger partial charge is 0.0737 e. The number of fused-ring (bicyclic) bond motifs is 5. The molecular formula is C55H35N. The van der Waals surface area contributed by atoms with Gasteiger partial charge in [-0.05, 0) is 131 Å². The molecule has 9 aromatic rings. The summed E-state index contributed by atoms with van der Waals surface area (Å²) < 4.78 is 0. The van der Waals surface area contributed by atoms with E-state index in [1.807, 2.05) is 0 Å². The Labute approximate surface area is 327 Å². The van der Waals surface area contributed by atoms with E-state index in [2.05, 4.69) is 217 Å². The van der Waals surface area contributed by atoms with E-state index in [1.165, 1.54) is 89.0 Å². The van der Waals surface area contributed by atoms with Crippen molar-refractivity contribution < 1.29 is 0 Å². The van der Waals surface area contributed by atoms with Crippen LogP contribution in [0.25, 0.3) is 66.8 Å². The molecule has 0 saturated heterocycles. The molecule has 0 aliphatic heterocycles. The molecule has 56 heavy (non-hydrogen) atoms. The fourth-order valence-corrected chi connectivity index (χ4v) is 10.1. The highest BCUT2D eigenvalue weighted by Gasteiger charge is 2.57. The monoisotopic (exact) mass is 709 g/mol. The van der Waals surface area contributed by atoms with E-state index in [1.54, 1.807) is 0 Å². The topological polar surface area (TPSA) is 3.24 Å². The standard InChI is InChI=1S/C55H35N/c1-3-11-36(12-4-1)38-21-28-42(29-22-38)56(43-30-23-39(24-31-43)37-13-5-2-6-14-37)44-32-25-40(26-33-44)41-27-34-46-48-17-10-19-50-49-18-9-16-47-45-15-7-8-20-51(45)55(53(47)49,54(48)50)52(46)35-41/h1-35H. The molecule has 260 valence electrons. The van der Waals surface area contributed by atoms with Crippen molar-refractivity contribution in [3.05, 3.63) is 235 Å². The highest BCUT2D eigenvalue weighted by molar-refractivity contribution is 6.06. The van der Waals surface area contributed by atoms with Crippen LogP contribution < -0.4 is 4.90 Å². The van der Waals surface area contributed by atoms with Crippen molar-refractivity contribution >= 4 is 17.1 Å². The largest absolute Gasteiger partial charge is 0.311 e. The van der Waals surface area contributed by atoms with Gasteiger partial charge < -0.3 is 4.90 Å². The molecule has 0 heterocycles. The van der Waals surface area contributed by atoms with Crippen LogP contribution in [-0.4, -0.2) is 0 Å². The Morgan fingerprint density at radius 3 is 1.11 bits per heavy atom. The van der Waals surface area contributed by atoms with Crippen LogP contribution >= 0.6 is 0 Å². The van der Waals surface area contributed by atoms with Gasteiger partial charge >= 0.3 is 0 Å². The van der Waals surface area contributed by atoms with Gasteiger partial charge in [-0.3, -0.25) is 0 Å². The summed E-state index contributed by atoms with van der Waals surface area (Å²) in [4.78, 5) is 2.36. The van der Waals surface area contributed by atoms with Crippen LogP contribution in [0, 0.1) is 0 Å². The Morgan fingerprint density at radius 2 is 0.607 bits per heavy atom. The molecule has 1 atom stereocenters. The number of benzene rings is 9. The second-order valence-corrected chi connectivity index (χ2v) is 15.2. The van der Waals surface area contributed by atoms with Gasteiger partial charge in [-0.2, -0.15) is 0 Å². The van der Waals surface area contributed by atoms with Crippen molar-refractivity contribution in [3.8, 4) is 66.8 Å². The quantitative estimate of drug-likeness (QED) is 0.166. The first-order valence-corrected chi connectivity index (χ1v) is 19.5. The van der Waals surface area contributed by atoms with E-state index in [-0.39, 0.29) is 5.41 Å². The maximum atomic E-state index is 2.49. The van der Waals surface area contributed by atoms with Crippen molar-refractivity contribution in [2.45, 2.75) is 5.41 Å². The van der Waals surface area contributed by atoms with Crippen LogP contribution in [0.4, 0.5) is 17.1 Å². The first-order valence-electron chi connectivity index (χ1n) is 19.5. The number of rotatable bonds is 6. The lowest BCUT2D eigenvalue weighted by Gasteiger charge is -2.28. The Balaban J connectivity index is 0.962. The molecule has 9 aromatic carbocycles. The maximum absolute atomic E-state index is 2.49. The molecule has 3 aliphatic carbocycles. The summed E-state index contributed by atoms with van der Waals surface area (Å²) in [6.07, 6.45) is 0. The normalized spacial score (nSPS) is 14.9. The second-order valence-electron chi connectivity index (χ2n) is 15.2. The molecule has 0 saturated carbocycles. The molecule has 3 aliphatic rings. The highest BCUT2D eigenvalue weighted by atomic mass is 15.1. The van der Waals surface area contributed by atoms with Crippen LogP contribution in [-0.2, 0) is 5.41 Å². The number of anilines is 3. The summed E-state index contributed by atoms with van der Waals surface area (Å²) in [5.74, 6) is 0. The third kappa shape index (κ3) is 4.31. The number of hydrogen-bond donors (Lipinski definition) is 0. The predicted octanol–water partition coefficient (Wildman–Crippen LogP) is 14.5. The molecule has 0 amide bonds. The van der Waals surface area contributed by atoms with Crippen molar-refractivity contribution in [1.82, 2.24) is 0 Å². The van der Waals surface area contributed by atoms with Gasteiger partial charge in [0, 0.05) is 17.1 Å². The summed E-state index contributed by atoms with van der Waals surface area (Å²) in [7, 11) is 0. The summed E-state index contributed by atoms with van der Waals surface area (Å²) in [6, 6.07) is 78.3. The molecule has 1 nitrogen and oxygen atoms in total. The van der Waals surface area contributed by atoms with E-state index < -0.39 is 0 Å². The molecule has 1 spiro atoms. The molecule has 0 fully saturated rings. The lowest BCUT2D eigenvalue weighted by molar-refractivity contribution is 0.818. The van der Waals surface area contributed by atoms with Crippen molar-refractivity contribution in [1.29, 1.82) is 0 Å². The predicted molar refractivity (Wildman–Crippen MR) is 233 cm³/mol. The van der Waals surface area contributed by atoms with Gasteiger partial charge in [-0.1, -0.05) is 170 Å². The molecular weight excluding hydrogens is 675 g/mol. The Hall–Kier alpha value is -7.22. The number of hydrogen-bond acceptors (Lipinski definition) is 1. The maximum Gasteiger partial charge on any atom is 0.0737 e. The van der Waals surface area contributed by atoms with Gasteiger partial charge in [0.15, 0.2) is 0 Å². The van der Waals surface area contributed by atoms with E-state index in [9.17, 15) is 0 Å². The molecule has 12 rings (SSSR count). The lowest BCUT2D eigenvalue weighted by atomic mass is 9.73. The second kappa shape index (κ2) is 11.9. The summed E-state index contributed by atoms with van der Waals surface area (Å²) in [6.45, 7) is 0. The molecule has 0 radical (unpaired) electrons.